The summed E-state index contributed by atoms with van der Waals surface area (Å²) in [6, 6.07) is 10.3. The molecule has 0 fully saturated rings. The van der Waals surface area contributed by atoms with Gasteiger partial charge in [-0.25, -0.2) is 4.39 Å². The average molecular weight is 227 g/mol. The van der Waals surface area contributed by atoms with E-state index >= 15 is 0 Å². The number of hydrogen-bond acceptors (Lipinski definition) is 1. The predicted octanol–water partition coefficient (Wildman–Crippen LogP) is 4.31. The van der Waals surface area contributed by atoms with Gasteiger partial charge >= 0.3 is 0 Å². The molecule has 1 aromatic heterocycles. The standard InChI is InChI=1S/C15H14FN/c1-2-3-4-12-5-10-15(17-11-12)13-6-8-14(16)9-7-13/h3-11H,2H2,1H3. The van der Waals surface area contributed by atoms with E-state index < -0.39 is 0 Å². The van der Waals surface area contributed by atoms with Crippen molar-refractivity contribution in [2.75, 3.05) is 0 Å². The smallest absolute Gasteiger partial charge is 0.123 e. The summed E-state index contributed by atoms with van der Waals surface area (Å²) in [5.74, 6) is -0.226. The van der Waals surface area contributed by atoms with Crippen LogP contribution in [0.3, 0.4) is 0 Å². The van der Waals surface area contributed by atoms with Crippen molar-refractivity contribution in [3.63, 3.8) is 0 Å². The van der Waals surface area contributed by atoms with Crippen molar-refractivity contribution in [3.8, 4) is 11.3 Å². The van der Waals surface area contributed by atoms with Gasteiger partial charge < -0.3 is 0 Å². The predicted molar refractivity (Wildman–Crippen MR) is 69.0 cm³/mol. The number of hydrogen-bond donors (Lipinski definition) is 0. The Morgan fingerprint density at radius 3 is 2.47 bits per heavy atom. The molecule has 0 spiro atoms. The van der Waals surface area contributed by atoms with Gasteiger partial charge in [-0.05, 0) is 42.3 Å². The highest BCUT2D eigenvalue weighted by molar-refractivity contribution is 5.60. The van der Waals surface area contributed by atoms with Crippen LogP contribution in [0.25, 0.3) is 17.3 Å². The Morgan fingerprint density at radius 1 is 1.12 bits per heavy atom. The SMILES string of the molecule is CCC=Cc1ccc(-c2ccc(F)cc2)nc1. The summed E-state index contributed by atoms with van der Waals surface area (Å²) in [6.07, 6.45) is 6.97. The minimum absolute atomic E-state index is 0.226. The third kappa shape index (κ3) is 3.00. The molecule has 2 aromatic rings. The lowest BCUT2D eigenvalue weighted by atomic mass is 10.1. The fraction of sp³-hybridized carbons (Fsp3) is 0.133. The van der Waals surface area contributed by atoms with E-state index in [0.29, 0.717) is 0 Å². The molecule has 1 heterocycles. The molecule has 2 heteroatoms. The van der Waals surface area contributed by atoms with Crippen LogP contribution in [-0.4, -0.2) is 4.98 Å². The van der Waals surface area contributed by atoms with E-state index in [9.17, 15) is 4.39 Å². The summed E-state index contributed by atoms with van der Waals surface area (Å²) in [5.41, 5.74) is 2.87. The van der Waals surface area contributed by atoms with Crippen LogP contribution in [-0.2, 0) is 0 Å². The summed E-state index contributed by atoms with van der Waals surface area (Å²) >= 11 is 0. The molecule has 2 rings (SSSR count). The molecule has 86 valence electrons. The van der Waals surface area contributed by atoms with Crippen LogP contribution in [0.15, 0.2) is 48.7 Å². The summed E-state index contributed by atoms with van der Waals surface area (Å²) in [6.45, 7) is 2.09. The first kappa shape index (κ1) is 11.5. The van der Waals surface area contributed by atoms with Crippen molar-refractivity contribution in [2.24, 2.45) is 0 Å². The maximum absolute atomic E-state index is 12.8. The van der Waals surface area contributed by atoms with Gasteiger partial charge in [-0.3, -0.25) is 4.98 Å². The van der Waals surface area contributed by atoms with E-state index in [1.54, 1.807) is 12.1 Å². The molecular formula is C15H14FN. The van der Waals surface area contributed by atoms with Crippen LogP contribution in [0.2, 0.25) is 0 Å². The molecular weight excluding hydrogens is 213 g/mol. The maximum atomic E-state index is 12.8. The van der Waals surface area contributed by atoms with Crippen molar-refractivity contribution >= 4 is 6.08 Å². The van der Waals surface area contributed by atoms with Gasteiger partial charge in [0, 0.05) is 11.8 Å². The Labute approximate surface area is 101 Å². The van der Waals surface area contributed by atoms with Crippen LogP contribution in [0.4, 0.5) is 4.39 Å². The number of benzene rings is 1. The Balaban J connectivity index is 2.23. The van der Waals surface area contributed by atoms with E-state index in [-0.39, 0.29) is 5.82 Å². The van der Waals surface area contributed by atoms with Gasteiger partial charge in [-0.1, -0.05) is 25.1 Å². The first-order valence-electron chi connectivity index (χ1n) is 5.68. The molecule has 0 saturated carbocycles. The number of nitrogens with zero attached hydrogens (tertiary/aromatic N) is 1. The molecule has 0 radical (unpaired) electrons. The lowest BCUT2D eigenvalue weighted by Crippen LogP contribution is -1.84. The van der Waals surface area contributed by atoms with Crippen molar-refractivity contribution in [2.45, 2.75) is 13.3 Å². The largest absolute Gasteiger partial charge is 0.256 e. The Hall–Kier alpha value is -1.96. The van der Waals surface area contributed by atoms with E-state index in [4.69, 9.17) is 0 Å². The van der Waals surface area contributed by atoms with Crippen LogP contribution in [0, 0.1) is 5.82 Å². The topological polar surface area (TPSA) is 12.9 Å². The first-order chi connectivity index (χ1) is 8.29. The molecule has 0 saturated heterocycles. The van der Waals surface area contributed by atoms with Crippen molar-refractivity contribution in [3.05, 3.63) is 60.1 Å². The maximum Gasteiger partial charge on any atom is 0.123 e. The third-order valence-electron chi connectivity index (χ3n) is 2.47. The lowest BCUT2D eigenvalue weighted by molar-refractivity contribution is 0.628. The van der Waals surface area contributed by atoms with Crippen LogP contribution in [0.5, 0.6) is 0 Å². The van der Waals surface area contributed by atoms with E-state index in [1.165, 1.54) is 12.1 Å². The van der Waals surface area contributed by atoms with Crippen LogP contribution >= 0.6 is 0 Å². The third-order valence-corrected chi connectivity index (χ3v) is 2.47. The lowest BCUT2D eigenvalue weighted by Gasteiger charge is -2.01. The summed E-state index contributed by atoms with van der Waals surface area (Å²) in [4.78, 5) is 4.36. The van der Waals surface area contributed by atoms with Crippen LogP contribution < -0.4 is 0 Å². The van der Waals surface area contributed by atoms with Gasteiger partial charge in [0.15, 0.2) is 0 Å². The number of aromatic nitrogens is 1. The Kier molecular flexibility index (Phi) is 3.66. The zero-order valence-electron chi connectivity index (χ0n) is 9.73. The van der Waals surface area contributed by atoms with E-state index in [0.717, 1.165) is 23.2 Å². The minimum atomic E-state index is -0.226. The van der Waals surface area contributed by atoms with Gasteiger partial charge in [0.25, 0.3) is 0 Å². The van der Waals surface area contributed by atoms with Gasteiger partial charge in [0.05, 0.1) is 5.69 Å². The first-order valence-corrected chi connectivity index (χ1v) is 5.68. The summed E-state index contributed by atoms with van der Waals surface area (Å²) in [7, 11) is 0. The van der Waals surface area contributed by atoms with Crippen molar-refractivity contribution in [1.82, 2.24) is 4.98 Å². The average Bonchev–Trinajstić information content (AvgIpc) is 2.38. The zero-order chi connectivity index (χ0) is 12.1. The van der Waals surface area contributed by atoms with Gasteiger partial charge in [-0.2, -0.15) is 0 Å². The number of allylic oxidation sites excluding steroid dienone is 1. The molecule has 1 aromatic carbocycles. The second-order valence-electron chi connectivity index (χ2n) is 3.79. The number of halogens is 1. The fourth-order valence-electron chi connectivity index (χ4n) is 1.55. The van der Waals surface area contributed by atoms with Gasteiger partial charge in [0.2, 0.25) is 0 Å². The normalized spacial score (nSPS) is 10.9. The van der Waals surface area contributed by atoms with Crippen molar-refractivity contribution < 1.29 is 4.39 Å². The molecule has 0 amide bonds. The second-order valence-corrected chi connectivity index (χ2v) is 3.79. The molecule has 0 unspecified atom stereocenters. The molecule has 1 nitrogen and oxygen atoms in total. The quantitative estimate of drug-likeness (QED) is 0.761. The van der Waals surface area contributed by atoms with E-state index in [1.807, 2.05) is 24.4 Å². The molecule has 17 heavy (non-hydrogen) atoms. The summed E-state index contributed by atoms with van der Waals surface area (Å²) < 4.78 is 12.8. The van der Waals surface area contributed by atoms with Crippen LogP contribution in [0.1, 0.15) is 18.9 Å². The number of pyridine rings is 1. The number of rotatable bonds is 3. The van der Waals surface area contributed by atoms with Crippen molar-refractivity contribution in [1.29, 1.82) is 0 Å². The Bertz CT molecular complexity index is 497. The molecule has 0 aliphatic rings. The fourth-order valence-corrected chi connectivity index (χ4v) is 1.55. The molecule has 0 bridgehead atoms. The highest BCUT2D eigenvalue weighted by Crippen LogP contribution is 2.17. The minimum Gasteiger partial charge on any atom is -0.256 e. The summed E-state index contributed by atoms with van der Waals surface area (Å²) in [5, 5.41) is 0. The monoisotopic (exact) mass is 227 g/mol. The Morgan fingerprint density at radius 2 is 1.88 bits per heavy atom. The highest BCUT2D eigenvalue weighted by atomic mass is 19.1. The van der Waals surface area contributed by atoms with E-state index in [2.05, 4.69) is 18.0 Å². The second kappa shape index (κ2) is 5.39. The highest BCUT2D eigenvalue weighted by Gasteiger charge is 1.98. The van der Waals surface area contributed by atoms with Gasteiger partial charge in [0.1, 0.15) is 5.82 Å². The molecule has 0 N–H and O–H groups in total. The molecule has 0 aliphatic carbocycles. The van der Waals surface area contributed by atoms with Gasteiger partial charge in [-0.15, -0.1) is 0 Å². The molecule has 0 atom stereocenters. The molecule has 0 aliphatic heterocycles. The zero-order valence-corrected chi connectivity index (χ0v) is 9.73.